The Morgan fingerprint density at radius 1 is 1.21 bits per heavy atom. The molecule has 2 aliphatic rings. The topological polar surface area (TPSA) is 75.7 Å². The van der Waals surface area contributed by atoms with Crippen LogP contribution in [0.25, 0.3) is 0 Å². The van der Waals surface area contributed by atoms with Crippen molar-refractivity contribution in [3.63, 3.8) is 0 Å². The van der Waals surface area contributed by atoms with Crippen molar-refractivity contribution >= 4 is 38.9 Å². The zero-order valence-electron chi connectivity index (χ0n) is 15.4. The maximum Gasteiger partial charge on any atom is 0.264 e. The summed E-state index contributed by atoms with van der Waals surface area (Å²) in [5.74, 6) is 0.463. The lowest BCUT2D eigenvalue weighted by Crippen LogP contribution is -2.43. The highest BCUT2D eigenvalue weighted by molar-refractivity contribution is 7.92. The van der Waals surface area contributed by atoms with E-state index in [2.05, 4.69) is 5.32 Å². The van der Waals surface area contributed by atoms with Gasteiger partial charge in [0.05, 0.1) is 17.1 Å². The molecule has 0 spiro atoms. The van der Waals surface area contributed by atoms with Crippen molar-refractivity contribution in [1.82, 2.24) is 0 Å². The van der Waals surface area contributed by atoms with Crippen molar-refractivity contribution in [1.29, 1.82) is 0 Å². The highest BCUT2D eigenvalue weighted by Gasteiger charge is 2.34. The summed E-state index contributed by atoms with van der Waals surface area (Å²) in [5.41, 5.74) is 1.96. The van der Waals surface area contributed by atoms with Gasteiger partial charge in [0.2, 0.25) is 5.91 Å². The summed E-state index contributed by atoms with van der Waals surface area (Å²) in [5, 5.41) is 3.28. The van der Waals surface area contributed by atoms with Gasteiger partial charge in [-0.25, -0.2) is 8.42 Å². The number of amides is 1. The van der Waals surface area contributed by atoms with Gasteiger partial charge in [-0.1, -0.05) is 18.5 Å². The van der Waals surface area contributed by atoms with Crippen LogP contribution < -0.4 is 14.4 Å². The summed E-state index contributed by atoms with van der Waals surface area (Å²) in [4.78, 5) is 11.9. The molecule has 148 valence electrons. The molecule has 1 N–H and O–H groups in total. The van der Waals surface area contributed by atoms with Crippen LogP contribution in [0.15, 0.2) is 41.3 Å². The minimum Gasteiger partial charge on any atom is -0.486 e. The third kappa shape index (κ3) is 3.44. The van der Waals surface area contributed by atoms with Crippen molar-refractivity contribution < 1.29 is 17.9 Å². The fourth-order valence-corrected chi connectivity index (χ4v) is 5.28. The SMILES string of the molecule is CCC1CN(S(=O)(=O)c2ccc3c(c2)CCCC(=O)N3)c2cc(Cl)ccc2O1. The van der Waals surface area contributed by atoms with E-state index < -0.39 is 10.0 Å². The zero-order valence-corrected chi connectivity index (χ0v) is 17.0. The lowest BCUT2D eigenvalue weighted by Gasteiger charge is -2.35. The second kappa shape index (κ2) is 7.29. The number of hydrogen-bond donors (Lipinski definition) is 1. The minimum absolute atomic E-state index is 0.0445. The van der Waals surface area contributed by atoms with Crippen LogP contribution in [-0.4, -0.2) is 27.0 Å². The van der Waals surface area contributed by atoms with E-state index in [1.54, 1.807) is 36.4 Å². The number of sulfonamides is 1. The maximum atomic E-state index is 13.5. The van der Waals surface area contributed by atoms with Crippen molar-refractivity contribution in [3.05, 3.63) is 47.0 Å². The van der Waals surface area contributed by atoms with Crippen molar-refractivity contribution in [2.45, 2.75) is 43.6 Å². The summed E-state index contributed by atoms with van der Waals surface area (Å²) in [7, 11) is -3.81. The van der Waals surface area contributed by atoms with E-state index >= 15 is 0 Å². The Morgan fingerprint density at radius 2 is 2.04 bits per heavy atom. The Bertz CT molecular complexity index is 1040. The van der Waals surface area contributed by atoms with E-state index in [0.717, 1.165) is 5.56 Å². The van der Waals surface area contributed by atoms with E-state index in [-0.39, 0.29) is 23.5 Å². The fourth-order valence-electron chi connectivity index (χ4n) is 3.56. The van der Waals surface area contributed by atoms with Gasteiger partial charge in [-0.15, -0.1) is 0 Å². The normalized spacial score (nSPS) is 19.1. The van der Waals surface area contributed by atoms with Gasteiger partial charge in [-0.3, -0.25) is 9.10 Å². The predicted octanol–water partition coefficient (Wildman–Crippen LogP) is 3.98. The average Bonchev–Trinajstić information content (AvgIpc) is 2.86. The van der Waals surface area contributed by atoms with Crippen LogP contribution in [0.2, 0.25) is 5.02 Å². The van der Waals surface area contributed by atoms with E-state index in [4.69, 9.17) is 16.3 Å². The molecule has 2 aromatic rings. The van der Waals surface area contributed by atoms with Crippen molar-refractivity contribution in [3.8, 4) is 5.75 Å². The molecule has 0 aliphatic carbocycles. The molecule has 8 heteroatoms. The molecule has 0 bridgehead atoms. The molecule has 28 heavy (non-hydrogen) atoms. The van der Waals surface area contributed by atoms with Crippen LogP contribution in [0.3, 0.4) is 0 Å². The molecule has 0 fully saturated rings. The molecule has 2 aromatic carbocycles. The number of nitrogens with zero attached hydrogens (tertiary/aromatic N) is 1. The van der Waals surface area contributed by atoms with Crippen LogP contribution in [-0.2, 0) is 21.2 Å². The molecule has 2 aliphatic heterocycles. The van der Waals surface area contributed by atoms with E-state index in [0.29, 0.717) is 47.8 Å². The quantitative estimate of drug-likeness (QED) is 0.814. The monoisotopic (exact) mass is 420 g/mol. The first kappa shape index (κ1) is 19.1. The summed E-state index contributed by atoms with van der Waals surface area (Å²) >= 11 is 6.12. The second-order valence-corrected chi connectivity index (χ2v) is 9.32. The van der Waals surface area contributed by atoms with Crippen molar-refractivity contribution in [2.75, 3.05) is 16.2 Å². The molecule has 1 amide bonds. The molecule has 1 atom stereocenters. The summed E-state index contributed by atoms with van der Waals surface area (Å²) in [6.45, 7) is 2.18. The molecular formula is C20H21ClN2O4S. The van der Waals surface area contributed by atoms with Gasteiger partial charge in [-0.2, -0.15) is 0 Å². The smallest absolute Gasteiger partial charge is 0.264 e. The third-order valence-corrected chi connectivity index (χ3v) is 7.11. The summed E-state index contributed by atoms with van der Waals surface area (Å²) in [6.07, 6.45) is 2.23. The first-order valence-corrected chi connectivity index (χ1v) is 11.1. The Labute approximate surface area is 169 Å². The first-order valence-electron chi connectivity index (χ1n) is 9.30. The number of carbonyl (C=O) groups excluding carboxylic acids is 1. The van der Waals surface area contributed by atoms with Gasteiger partial charge < -0.3 is 10.1 Å². The van der Waals surface area contributed by atoms with Gasteiger partial charge in [0.15, 0.2) is 0 Å². The van der Waals surface area contributed by atoms with Crippen molar-refractivity contribution in [2.24, 2.45) is 0 Å². The van der Waals surface area contributed by atoms with Gasteiger partial charge in [0.25, 0.3) is 10.0 Å². The largest absolute Gasteiger partial charge is 0.486 e. The Balaban J connectivity index is 1.77. The number of aryl methyl sites for hydroxylation is 1. The highest BCUT2D eigenvalue weighted by atomic mass is 35.5. The van der Waals surface area contributed by atoms with E-state index in [1.807, 2.05) is 6.92 Å². The molecule has 4 rings (SSSR count). The van der Waals surface area contributed by atoms with Gasteiger partial charge in [-0.05, 0) is 61.2 Å². The fraction of sp³-hybridized carbons (Fsp3) is 0.350. The molecule has 0 radical (unpaired) electrons. The number of hydrogen-bond acceptors (Lipinski definition) is 4. The standard InChI is InChI=1S/C20H21ClN2O4S/c1-2-15-12-23(18-11-14(21)6-9-19(18)27-15)28(25,26)16-7-8-17-13(10-16)4-3-5-20(24)22-17/h6-11,15H,2-5,12H2,1H3,(H,22,24). The highest BCUT2D eigenvalue weighted by Crippen LogP contribution is 2.39. The number of benzene rings is 2. The number of ether oxygens (including phenoxy) is 1. The summed E-state index contributed by atoms with van der Waals surface area (Å²) in [6, 6.07) is 9.88. The van der Waals surface area contributed by atoms with Gasteiger partial charge in [0, 0.05) is 17.1 Å². The number of rotatable bonds is 3. The molecule has 0 aromatic heterocycles. The second-order valence-electron chi connectivity index (χ2n) is 7.02. The number of fused-ring (bicyclic) bond motifs is 2. The minimum atomic E-state index is -3.81. The van der Waals surface area contributed by atoms with E-state index in [9.17, 15) is 13.2 Å². The number of anilines is 2. The van der Waals surface area contributed by atoms with Gasteiger partial charge in [0.1, 0.15) is 11.9 Å². The summed E-state index contributed by atoms with van der Waals surface area (Å²) < 4.78 is 34.3. The third-order valence-electron chi connectivity index (χ3n) is 5.10. The average molecular weight is 421 g/mol. The lowest BCUT2D eigenvalue weighted by atomic mass is 10.1. The van der Waals surface area contributed by atoms with Crippen LogP contribution in [0.5, 0.6) is 5.75 Å². The lowest BCUT2D eigenvalue weighted by molar-refractivity contribution is -0.116. The Kier molecular flexibility index (Phi) is 4.97. The predicted molar refractivity (Wildman–Crippen MR) is 109 cm³/mol. The van der Waals surface area contributed by atoms with Crippen LogP contribution >= 0.6 is 11.6 Å². The van der Waals surface area contributed by atoms with Crippen LogP contribution in [0, 0.1) is 0 Å². The number of nitrogens with one attached hydrogen (secondary N) is 1. The number of halogens is 1. The van der Waals surface area contributed by atoms with Crippen LogP contribution in [0.1, 0.15) is 31.7 Å². The molecule has 2 heterocycles. The van der Waals surface area contributed by atoms with Crippen LogP contribution in [0.4, 0.5) is 11.4 Å². The molecule has 1 unspecified atom stereocenters. The Morgan fingerprint density at radius 3 is 2.82 bits per heavy atom. The molecule has 0 saturated carbocycles. The van der Waals surface area contributed by atoms with E-state index in [1.165, 1.54) is 4.31 Å². The first-order chi connectivity index (χ1) is 13.4. The molecule has 0 saturated heterocycles. The van der Waals surface area contributed by atoms with Gasteiger partial charge >= 0.3 is 0 Å². The zero-order chi connectivity index (χ0) is 19.9. The molecular weight excluding hydrogens is 400 g/mol. The Hall–Kier alpha value is -2.25. The maximum absolute atomic E-state index is 13.5. The molecule has 6 nitrogen and oxygen atoms in total. The number of carbonyl (C=O) groups is 1.